The maximum Gasteiger partial charge on any atom is 0.120 e. The molecule has 0 fully saturated rings. The number of rotatable bonds is 0. The van der Waals surface area contributed by atoms with E-state index < -0.39 is 0 Å². The van der Waals surface area contributed by atoms with Gasteiger partial charge in [-0.15, -0.1) is 0 Å². The molecule has 0 aliphatic rings. The number of pyridine rings is 1. The summed E-state index contributed by atoms with van der Waals surface area (Å²) in [6, 6.07) is 0. The zero-order valence-corrected chi connectivity index (χ0v) is 9.92. The van der Waals surface area contributed by atoms with E-state index in [0.29, 0.717) is 0 Å². The van der Waals surface area contributed by atoms with Crippen LogP contribution in [0.3, 0.4) is 0 Å². The van der Waals surface area contributed by atoms with Crippen LogP contribution in [0.5, 0.6) is 0 Å². The highest BCUT2D eigenvalue weighted by molar-refractivity contribution is 9.13. The first-order valence-electron chi connectivity index (χ1n) is 2.59. The highest BCUT2D eigenvalue weighted by Gasteiger charge is 2.03. The molecule has 4 heteroatoms. The summed E-state index contributed by atoms with van der Waals surface area (Å²) >= 11 is 10.1. The van der Waals surface area contributed by atoms with Gasteiger partial charge in [0.2, 0.25) is 0 Å². The lowest BCUT2D eigenvalue weighted by atomic mass is 10.3. The first-order valence-corrected chi connectivity index (χ1v) is 4.97. The van der Waals surface area contributed by atoms with Gasteiger partial charge in [-0.05, 0) is 60.3 Å². The van der Waals surface area contributed by atoms with Crippen LogP contribution in [-0.2, 0) is 0 Å². The summed E-state index contributed by atoms with van der Waals surface area (Å²) in [5.74, 6) is 0. The van der Waals surface area contributed by atoms with Gasteiger partial charge in [0, 0.05) is 10.7 Å². The maximum atomic E-state index is 4.06. The number of halogens is 3. The van der Waals surface area contributed by atoms with Crippen molar-refractivity contribution in [1.29, 1.82) is 0 Å². The molecule has 0 bridgehead atoms. The van der Waals surface area contributed by atoms with Gasteiger partial charge in [0.15, 0.2) is 0 Å². The van der Waals surface area contributed by atoms with Crippen LogP contribution < -0.4 is 0 Å². The number of hydrogen-bond donors (Lipinski definition) is 0. The largest absolute Gasteiger partial charge is 0.247 e. The highest BCUT2D eigenvalue weighted by atomic mass is 79.9. The fraction of sp³-hybridized carbons (Fsp3) is 0.167. The monoisotopic (exact) mass is 327 g/mol. The van der Waals surface area contributed by atoms with Crippen LogP contribution in [0.25, 0.3) is 0 Å². The van der Waals surface area contributed by atoms with Crippen LogP contribution in [0.1, 0.15) is 5.56 Å². The molecule has 0 saturated carbocycles. The molecular formula is C6H4Br3N. The van der Waals surface area contributed by atoms with Crippen molar-refractivity contribution in [1.82, 2.24) is 4.98 Å². The molecular weight excluding hydrogens is 326 g/mol. The Morgan fingerprint density at radius 2 is 1.90 bits per heavy atom. The molecule has 0 aliphatic heterocycles. The molecule has 0 atom stereocenters. The van der Waals surface area contributed by atoms with Crippen molar-refractivity contribution >= 4 is 47.8 Å². The Kier molecular flexibility index (Phi) is 2.89. The van der Waals surface area contributed by atoms with Gasteiger partial charge in [0.05, 0.1) is 4.47 Å². The minimum atomic E-state index is 0.841. The topological polar surface area (TPSA) is 12.9 Å². The normalized spacial score (nSPS) is 10.0. The van der Waals surface area contributed by atoms with Gasteiger partial charge in [-0.2, -0.15) is 0 Å². The Morgan fingerprint density at radius 1 is 1.30 bits per heavy atom. The van der Waals surface area contributed by atoms with E-state index in [1.54, 1.807) is 6.20 Å². The van der Waals surface area contributed by atoms with Crippen molar-refractivity contribution in [3.63, 3.8) is 0 Å². The van der Waals surface area contributed by atoms with E-state index in [-0.39, 0.29) is 0 Å². The summed E-state index contributed by atoms with van der Waals surface area (Å²) in [5, 5.41) is 0. The van der Waals surface area contributed by atoms with Crippen LogP contribution in [0.4, 0.5) is 0 Å². The van der Waals surface area contributed by atoms with Crippen molar-refractivity contribution in [2.24, 2.45) is 0 Å². The van der Waals surface area contributed by atoms with Gasteiger partial charge in [-0.3, -0.25) is 0 Å². The predicted molar refractivity (Wildman–Crippen MR) is 52.1 cm³/mol. The average molecular weight is 330 g/mol. The lowest BCUT2D eigenvalue weighted by molar-refractivity contribution is 1.19. The zero-order valence-electron chi connectivity index (χ0n) is 5.16. The Balaban J connectivity index is 3.34. The van der Waals surface area contributed by atoms with E-state index in [2.05, 4.69) is 52.8 Å². The molecule has 1 nitrogen and oxygen atoms in total. The molecule has 54 valence electrons. The molecule has 1 aromatic rings. The lowest BCUT2D eigenvalue weighted by Gasteiger charge is -2.00. The first kappa shape index (κ1) is 8.68. The minimum Gasteiger partial charge on any atom is -0.247 e. The quantitative estimate of drug-likeness (QED) is 0.662. The van der Waals surface area contributed by atoms with Gasteiger partial charge in [0.1, 0.15) is 4.60 Å². The molecule has 0 aromatic carbocycles. The van der Waals surface area contributed by atoms with Crippen molar-refractivity contribution in [3.05, 3.63) is 25.3 Å². The molecule has 10 heavy (non-hydrogen) atoms. The smallest absolute Gasteiger partial charge is 0.120 e. The highest BCUT2D eigenvalue weighted by Crippen LogP contribution is 2.28. The summed E-state index contributed by atoms with van der Waals surface area (Å²) in [7, 11) is 0. The van der Waals surface area contributed by atoms with Gasteiger partial charge in [-0.25, -0.2) is 4.98 Å². The molecule has 0 radical (unpaired) electrons. The Hall–Kier alpha value is 0.590. The Labute approximate surface area is 84.6 Å². The van der Waals surface area contributed by atoms with E-state index in [4.69, 9.17) is 0 Å². The third-order valence-corrected chi connectivity index (χ3v) is 4.06. The van der Waals surface area contributed by atoms with Crippen LogP contribution in [0, 0.1) is 6.92 Å². The summed E-state index contributed by atoms with van der Waals surface area (Å²) in [6.07, 6.45) is 1.77. The third kappa shape index (κ3) is 1.60. The average Bonchev–Trinajstić information content (AvgIpc) is 1.93. The van der Waals surface area contributed by atoms with Gasteiger partial charge >= 0.3 is 0 Å². The summed E-state index contributed by atoms with van der Waals surface area (Å²) in [4.78, 5) is 4.06. The van der Waals surface area contributed by atoms with Crippen molar-refractivity contribution in [2.75, 3.05) is 0 Å². The van der Waals surface area contributed by atoms with Crippen molar-refractivity contribution < 1.29 is 0 Å². The van der Waals surface area contributed by atoms with Crippen molar-refractivity contribution in [2.45, 2.75) is 6.92 Å². The van der Waals surface area contributed by atoms with E-state index in [1.807, 2.05) is 6.92 Å². The molecule has 0 saturated heterocycles. The summed E-state index contributed by atoms with van der Waals surface area (Å²) in [6.45, 7) is 2.01. The van der Waals surface area contributed by atoms with E-state index >= 15 is 0 Å². The summed E-state index contributed by atoms with van der Waals surface area (Å²) in [5.41, 5.74) is 1.15. The first-order chi connectivity index (χ1) is 4.63. The van der Waals surface area contributed by atoms with Crippen LogP contribution >= 0.6 is 47.8 Å². The molecule has 0 amide bonds. The number of hydrogen-bond acceptors (Lipinski definition) is 1. The molecule has 0 unspecified atom stereocenters. The lowest BCUT2D eigenvalue weighted by Crippen LogP contribution is -1.83. The second kappa shape index (κ2) is 3.32. The Morgan fingerprint density at radius 3 is 2.40 bits per heavy atom. The fourth-order valence-corrected chi connectivity index (χ4v) is 1.81. The minimum absolute atomic E-state index is 0.841. The SMILES string of the molecule is Cc1c(Br)cnc(Br)c1Br. The zero-order chi connectivity index (χ0) is 7.72. The van der Waals surface area contributed by atoms with Crippen LogP contribution in [0.2, 0.25) is 0 Å². The van der Waals surface area contributed by atoms with Gasteiger partial charge in [-0.1, -0.05) is 0 Å². The molecule has 1 aromatic heterocycles. The number of aromatic nitrogens is 1. The van der Waals surface area contributed by atoms with Gasteiger partial charge < -0.3 is 0 Å². The second-order valence-corrected chi connectivity index (χ2v) is 4.23. The Bertz CT molecular complexity index is 232. The second-order valence-electron chi connectivity index (χ2n) is 1.84. The van der Waals surface area contributed by atoms with Gasteiger partial charge in [0.25, 0.3) is 0 Å². The van der Waals surface area contributed by atoms with Crippen LogP contribution in [-0.4, -0.2) is 4.98 Å². The molecule has 1 rings (SSSR count). The van der Waals surface area contributed by atoms with Crippen molar-refractivity contribution in [3.8, 4) is 0 Å². The summed E-state index contributed by atoms with van der Waals surface area (Å²) < 4.78 is 2.86. The van der Waals surface area contributed by atoms with E-state index in [0.717, 1.165) is 19.1 Å². The molecule has 0 aliphatic carbocycles. The molecule has 0 spiro atoms. The van der Waals surface area contributed by atoms with Crippen LogP contribution in [0.15, 0.2) is 19.7 Å². The van der Waals surface area contributed by atoms with E-state index in [1.165, 1.54) is 0 Å². The van der Waals surface area contributed by atoms with E-state index in [9.17, 15) is 0 Å². The molecule has 0 N–H and O–H groups in total. The third-order valence-electron chi connectivity index (χ3n) is 1.16. The standard InChI is InChI=1S/C6H4Br3N/c1-3-4(7)2-10-6(9)5(3)8/h2H,1H3. The number of nitrogens with zero attached hydrogens (tertiary/aromatic N) is 1. The fourth-order valence-electron chi connectivity index (χ4n) is 0.526. The molecule has 1 heterocycles. The predicted octanol–water partition coefficient (Wildman–Crippen LogP) is 3.68. The maximum absolute atomic E-state index is 4.06.